The zero-order chi connectivity index (χ0) is 28.4. The van der Waals surface area contributed by atoms with Gasteiger partial charge in [0.2, 0.25) is 19.8 Å². The number of fused-ring (bicyclic) bond motifs is 1. The maximum Gasteiger partial charge on any atom is 0.349 e. The molecule has 0 bridgehead atoms. The van der Waals surface area contributed by atoms with Crippen molar-refractivity contribution in [3.63, 3.8) is 0 Å². The van der Waals surface area contributed by atoms with Gasteiger partial charge in [-0.15, -0.1) is 0 Å². The van der Waals surface area contributed by atoms with Gasteiger partial charge in [0.25, 0.3) is 11.8 Å². The molecule has 0 aromatic heterocycles. The number of rotatable bonds is 5. The van der Waals surface area contributed by atoms with Crippen LogP contribution in [-0.4, -0.2) is 86.0 Å². The quantitative estimate of drug-likeness (QED) is 0.442. The molecule has 12 radical (unpaired) electrons. The standard InChI is InChI=1S/C22H12B6ClF2N3O4/c23-20(24)17(37)34(28)18(38)21(25,22(20,26)27)33-9-11-7-10(1-6-14(11)15(33)35)8-32-16(36)19(30,31)12-2-4-13(29)5-3-12/h1-7H,8-9H2,(H,32,36)/t21-/m0/s1. The van der Waals surface area contributed by atoms with E-state index >= 15 is 0 Å². The highest BCUT2D eigenvalue weighted by Gasteiger charge is 2.64. The fourth-order valence-corrected chi connectivity index (χ4v) is 4.46. The van der Waals surface area contributed by atoms with Crippen molar-refractivity contribution in [3.8, 4) is 0 Å². The number of hydrogen-bond donors (Lipinski definition) is 1. The molecule has 178 valence electrons. The van der Waals surface area contributed by atoms with Crippen molar-refractivity contribution in [1.29, 1.82) is 0 Å². The fourth-order valence-electron chi connectivity index (χ4n) is 4.34. The van der Waals surface area contributed by atoms with Crippen LogP contribution in [0.25, 0.3) is 0 Å². The largest absolute Gasteiger partial charge is 0.349 e. The van der Waals surface area contributed by atoms with Gasteiger partial charge in [-0.2, -0.15) is 8.78 Å². The van der Waals surface area contributed by atoms with Crippen LogP contribution in [0.15, 0.2) is 42.5 Å². The van der Waals surface area contributed by atoms with Gasteiger partial charge in [-0.05, 0) is 34.5 Å². The molecule has 2 aliphatic rings. The number of nitrogens with one attached hydrogen (secondary N) is 1. The number of alkyl halides is 2. The summed E-state index contributed by atoms with van der Waals surface area (Å²) in [6.07, 6.45) is 0. The van der Waals surface area contributed by atoms with Gasteiger partial charge >= 0.3 is 5.92 Å². The molecule has 2 heterocycles. The number of benzene rings is 2. The molecule has 1 N–H and O–H groups in total. The van der Waals surface area contributed by atoms with Gasteiger partial charge in [0, 0.05) is 29.2 Å². The molecule has 16 heteroatoms. The number of carbonyl (C=O) groups is 4. The molecule has 38 heavy (non-hydrogen) atoms. The zero-order valence-electron chi connectivity index (χ0n) is 19.6. The SMILES string of the molecule is [B]N1C(=O)C([B])([B])C([B])([B])[C@@]([B])(N2Cc3cc(CNC(=O)C(F)(F)c4ccc(Cl)cc4)ccc3C2=O)C1=O. The first-order chi connectivity index (χ1) is 17.5. The van der Waals surface area contributed by atoms with Crippen molar-refractivity contribution in [2.45, 2.75) is 34.9 Å². The van der Waals surface area contributed by atoms with Crippen molar-refractivity contribution in [3.05, 3.63) is 69.7 Å². The molecule has 1 fully saturated rings. The van der Waals surface area contributed by atoms with E-state index in [1.807, 2.05) is 0 Å². The number of halogens is 3. The summed E-state index contributed by atoms with van der Waals surface area (Å²) in [5.41, 5.74) is -2.49. The van der Waals surface area contributed by atoms with Gasteiger partial charge in [0.05, 0.1) is 36.8 Å². The Labute approximate surface area is 229 Å². The van der Waals surface area contributed by atoms with Crippen LogP contribution in [-0.2, 0) is 33.4 Å². The molecule has 2 aliphatic heterocycles. The van der Waals surface area contributed by atoms with E-state index in [4.69, 9.17) is 58.8 Å². The van der Waals surface area contributed by atoms with E-state index in [1.54, 1.807) is 0 Å². The van der Waals surface area contributed by atoms with Crippen molar-refractivity contribution in [2.75, 3.05) is 0 Å². The molecular weight excluding hydrogens is 509 g/mol. The van der Waals surface area contributed by atoms with Crippen LogP contribution in [0.4, 0.5) is 8.78 Å². The van der Waals surface area contributed by atoms with Crippen molar-refractivity contribution in [1.82, 2.24) is 15.0 Å². The number of piperidine rings is 1. The van der Waals surface area contributed by atoms with Crippen LogP contribution >= 0.6 is 11.6 Å². The first-order valence-electron chi connectivity index (χ1n) is 10.9. The van der Waals surface area contributed by atoms with Crippen molar-refractivity contribution >= 4 is 82.4 Å². The Kier molecular flexibility index (Phi) is 6.70. The maximum absolute atomic E-state index is 14.6. The Hall–Kier alpha value is -2.94. The Morgan fingerprint density at radius 1 is 1.00 bits per heavy atom. The third-order valence-corrected chi connectivity index (χ3v) is 7.03. The minimum absolute atomic E-state index is 0.0516. The molecule has 1 saturated heterocycles. The summed E-state index contributed by atoms with van der Waals surface area (Å²) >= 11 is 5.71. The molecular formula is C22H12B6ClF2N3O4. The number of carbonyl (C=O) groups excluding carboxylic acids is 4. The molecule has 0 unspecified atom stereocenters. The molecule has 7 nitrogen and oxygen atoms in total. The van der Waals surface area contributed by atoms with E-state index < -0.39 is 51.0 Å². The third kappa shape index (κ3) is 3.92. The minimum atomic E-state index is -3.84. The fraction of sp³-hybridized carbons (Fsp3) is 0.273. The molecule has 4 amide bonds. The molecule has 0 spiro atoms. The summed E-state index contributed by atoms with van der Waals surface area (Å²) in [6.45, 7) is -0.679. The van der Waals surface area contributed by atoms with Crippen LogP contribution in [0, 0.1) is 0 Å². The molecule has 2 aromatic rings. The van der Waals surface area contributed by atoms with E-state index in [1.165, 1.54) is 30.3 Å². The Bertz CT molecular complexity index is 1380. The van der Waals surface area contributed by atoms with Gasteiger partial charge < -0.3 is 15.0 Å². The second-order valence-electron chi connectivity index (χ2n) is 9.13. The topological polar surface area (TPSA) is 86.8 Å². The normalized spacial score (nSPS) is 22.3. The summed E-state index contributed by atoms with van der Waals surface area (Å²) in [7, 11) is 35.4. The van der Waals surface area contributed by atoms with Crippen LogP contribution in [0.1, 0.15) is 27.0 Å². The number of amides is 4. The average molecular weight is 521 g/mol. The first kappa shape index (κ1) is 28.1. The van der Waals surface area contributed by atoms with E-state index in [0.717, 1.165) is 17.0 Å². The van der Waals surface area contributed by atoms with E-state index in [9.17, 15) is 28.0 Å². The summed E-state index contributed by atoms with van der Waals surface area (Å²) < 4.78 is 29.1. The number of nitrogens with zero attached hydrogens (tertiary/aromatic N) is 2. The van der Waals surface area contributed by atoms with Crippen LogP contribution in [0.5, 0.6) is 0 Å². The third-order valence-electron chi connectivity index (χ3n) is 6.78. The lowest BCUT2D eigenvalue weighted by molar-refractivity contribution is -0.149. The van der Waals surface area contributed by atoms with Crippen molar-refractivity contribution < 1.29 is 28.0 Å². The zero-order valence-corrected chi connectivity index (χ0v) is 20.3. The molecule has 1 atom stereocenters. The lowest BCUT2D eigenvalue weighted by Crippen LogP contribution is -2.75. The number of hydrogen-bond acceptors (Lipinski definition) is 4. The predicted octanol–water partition coefficient (Wildman–Crippen LogP) is -0.0725. The Morgan fingerprint density at radius 3 is 2.21 bits per heavy atom. The maximum atomic E-state index is 14.6. The first-order valence-corrected chi connectivity index (χ1v) is 11.3. The van der Waals surface area contributed by atoms with Gasteiger partial charge in [-0.3, -0.25) is 19.2 Å². The highest BCUT2D eigenvalue weighted by molar-refractivity contribution is 6.68. The van der Waals surface area contributed by atoms with E-state index in [-0.39, 0.29) is 28.5 Å². The van der Waals surface area contributed by atoms with Crippen molar-refractivity contribution in [2.24, 2.45) is 0 Å². The average Bonchev–Trinajstić information content (AvgIpc) is 3.20. The van der Waals surface area contributed by atoms with E-state index in [0.29, 0.717) is 11.1 Å². The van der Waals surface area contributed by atoms with Crippen LogP contribution < -0.4 is 5.32 Å². The lowest BCUT2D eigenvalue weighted by atomic mass is 9.21. The number of imide groups is 1. The van der Waals surface area contributed by atoms with Gasteiger partial charge in [0.15, 0.2) is 0 Å². The monoisotopic (exact) mass is 521 g/mol. The second-order valence-corrected chi connectivity index (χ2v) is 9.57. The Morgan fingerprint density at radius 2 is 1.61 bits per heavy atom. The second kappa shape index (κ2) is 9.07. The molecule has 2 aromatic carbocycles. The van der Waals surface area contributed by atoms with Gasteiger partial charge in [-0.1, -0.05) is 41.1 Å². The molecule has 0 saturated carbocycles. The minimum Gasteiger partial charge on any atom is -0.346 e. The highest BCUT2D eigenvalue weighted by Crippen LogP contribution is 2.56. The lowest BCUT2D eigenvalue weighted by Gasteiger charge is -2.62. The summed E-state index contributed by atoms with van der Waals surface area (Å²) in [5.74, 6) is -8.84. The van der Waals surface area contributed by atoms with Crippen LogP contribution in [0.2, 0.25) is 15.5 Å². The summed E-state index contributed by atoms with van der Waals surface area (Å²) in [4.78, 5) is 51.6. The Balaban J connectivity index is 1.56. The smallest absolute Gasteiger partial charge is 0.346 e. The molecule has 4 rings (SSSR count). The van der Waals surface area contributed by atoms with Gasteiger partial charge in [-0.25, -0.2) is 0 Å². The van der Waals surface area contributed by atoms with Crippen LogP contribution in [0.3, 0.4) is 0 Å². The van der Waals surface area contributed by atoms with Gasteiger partial charge in [0.1, 0.15) is 7.85 Å². The predicted molar refractivity (Wildman–Crippen MR) is 138 cm³/mol. The van der Waals surface area contributed by atoms with E-state index in [2.05, 4.69) is 5.32 Å². The summed E-state index contributed by atoms with van der Waals surface area (Å²) in [6, 6.07) is 8.72. The highest BCUT2D eigenvalue weighted by atomic mass is 35.5. The molecule has 0 aliphatic carbocycles. The summed E-state index contributed by atoms with van der Waals surface area (Å²) in [5, 5.41) is -2.92.